The summed E-state index contributed by atoms with van der Waals surface area (Å²) in [6, 6.07) is 31.2. The summed E-state index contributed by atoms with van der Waals surface area (Å²) in [6.45, 7) is 2.15. The van der Waals surface area contributed by atoms with Gasteiger partial charge in [-0.3, -0.25) is 0 Å². The van der Waals surface area contributed by atoms with Crippen molar-refractivity contribution in [2.45, 2.75) is 13.0 Å². The Labute approximate surface area is 175 Å². The SMILES string of the molecule is CC(Nc1ncnc2c1c(-c1ccccc1)cn2-c1ccccc1)c1ccccc1. The van der Waals surface area contributed by atoms with Crippen LogP contribution in [-0.4, -0.2) is 14.5 Å². The van der Waals surface area contributed by atoms with Gasteiger partial charge in [0.25, 0.3) is 0 Å². The van der Waals surface area contributed by atoms with Gasteiger partial charge >= 0.3 is 0 Å². The minimum Gasteiger partial charge on any atom is -0.363 e. The number of fused-ring (bicyclic) bond motifs is 1. The lowest BCUT2D eigenvalue weighted by atomic mass is 10.1. The van der Waals surface area contributed by atoms with E-state index in [-0.39, 0.29) is 6.04 Å². The normalized spacial score (nSPS) is 12.0. The van der Waals surface area contributed by atoms with Gasteiger partial charge < -0.3 is 9.88 Å². The number of anilines is 1. The maximum absolute atomic E-state index is 4.66. The Morgan fingerprint density at radius 2 is 1.40 bits per heavy atom. The van der Waals surface area contributed by atoms with Crippen LogP contribution in [0.2, 0.25) is 0 Å². The number of para-hydroxylation sites is 1. The summed E-state index contributed by atoms with van der Waals surface area (Å²) in [5, 5.41) is 4.64. The molecular weight excluding hydrogens is 368 g/mol. The van der Waals surface area contributed by atoms with Crippen molar-refractivity contribution < 1.29 is 0 Å². The third kappa shape index (κ3) is 3.33. The first-order chi connectivity index (χ1) is 14.8. The maximum atomic E-state index is 4.66. The molecule has 0 spiro atoms. The molecule has 1 atom stereocenters. The molecule has 0 radical (unpaired) electrons. The molecule has 0 aliphatic heterocycles. The van der Waals surface area contributed by atoms with E-state index in [9.17, 15) is 0 Å². The van der Waals surface area contributed by atoms with E-state index in [0.29, 0.717) is 0 Å². The van der Waals surface area contributed by atoms with Crippen LogP contribution in [0.4, 0.5) is 5.82 Å². The van der Waals surface area contributed by atoms with Crippen molar-refractivity contribution in [3.63, 3.8) is 0 Å². The van der Waals surface area contributed by atoms with E-state index in [4.69, 9.17) is 0 Å². The minimum absolute atomic E-state index is 0.119. The number of aromatic nitrogens is 3. The van der Waals surface area contributed by atoms with Gasteiger partial charge in [-0.25, -0.2) is 9.97 Å². The molecule has 146 valence electrons. The Kier molecular flexibility index (Phi) is 4.74. The molecule has 4 heteroatoms. The second-order valence-corrected chi connectivity index (χ2v) is 7.31. The third-order valence-electron chi connectivity index (χ3n) is 5.35. The molecular formula is C26H22N4. The van der Waals surface area contributed by atoms with E-state index in [0.717, 1.165) is 33.7 Å². The number of benzene rings is 3. The molecule has 4 nitrogen and oxygen atoms in total. The van der Waals surface area contributed by atoms with Crippen LogP contribution in [0.15, 0.2) is 104 Å². The molecule has 0 aliphatic carbocycles. The Balaban J connectivity index is 1.69. The molecule has 0 aliphatic rings. The van der Waals surface area contributed by atoms with Gasteiger partial charge in [-0.2, -0.15) is 0 Å². The molecule has 1 N–H and O–H groups in total. The van der Waals surface area contributed by atoms with Crippen molar-refractivity contribution >= 4 is 16.9 Å². The number of rotatable bonds is 5. The molecule has 1 unspecified atom stereocenters. The van der Waals surface area contributed by atoms with Gasteiger partial charge in [0, 0.05) is 23.5 Å². The molecule has 2 heterocycles. The Hall–Kier alpha value is -3.92. The van der Waals surface area contributed by atoms with Crippen molar-refractivity contribution in [2.24, 2.45) is 0 Å². The smallest absolute Gasteiger partial charge is 0.150 e. The highest BCUT2D eigenvalue weighted by molar-refractivity contribution is 6.02. The van der Waals surface area contributed by atoms with Crippen molar-refractivity contribution in [1.82, 2.24) is 14.5 Å². The molecule has 5 rings (SSSR count). The van der Waals surface area contributed by atoms with Crippen LogP contribution in [-0.2, 0) is 0 Å². The van der Waals surface area contributed by atoms with Crippen molar-refractivity contribution in [2.75, 3.05) is 5.32 Å². The van der Waals surface area contributed by atoms with E-state index in [2.05, 4.69) is 93.6 Å². The van der Waals surface area contributed by atoms with Gasteiger partial charge in [0.2, 0.25) is 0 Å². The predicted molar refractivity (Wildman–Crippen MR) is 123 cm³/mol. The highest BCUT2D eigenvalue weighted by Crippen LogP contribution is 2.36. The van der Waals surface area contributed by atoms with Gasteiger partial charge in [-0.1, -0.05) is 78.9 Å². The minimum atomic E-state index is 0.119. The quantitative estimate of drug-likeness (QED) is 0.385. The third-order valence-corrected chi connectivity index (χ3v) is 5.35. The standard InChI is InChI=1S/C26H22N4/c1-19(20-11-5-2-6-12-20)29-25-24-23(21-13-7-3-8-14-21)17-30(26(24)28-18-27-25)22-15-9-4-10-16-22/h2-19H,1H3,(H,27,28,29). The summed E-state index contributed by atoms with van der Waals surface area (Å²) in [5.41, 5.74) is 5.43. The van der Waals surface area contributed by atoms with Gasteiger partial charge in [0.1, 0.15) is 12.1 Å². The van der Waals surface area contributed by atoms with E-state index in [1.165, 1.54) is 5.56 Å². The monoisotopic (exact) mass is 390 g/mol. The van der Waals surface area contributed by atoms with E-state index in [1.54, 1.807) is 6.33 Å². The molecule has 0 bridgehead atoms. The van der Waals surface area contributed by atoms with E-state index in [1.807, 2.05) is 30.3 Å². The first kappa shape index (κ1) is 18.1. The number of nitrogens with one attached hydrogen (secondary N) is 1. The predicted octanol–water partition coefficient (Wildman–Crippen LogP) is 6.26. The Morgan fingerprint density at radius 1 is 0.767 bits per heavy atom. The summed E-state index contributed by atoms with van der Waals surface area (Å²) >= 11 is 0. The fourth-order valence-electron chi connectivity index (χ4n) is 3.82. The lowest BCUT2D eigenvalue weighted by Crippen LogP contribution is -2.08. The second-order valence-electron chi connectivity index (χ2n) is 7.31. The van der Waals surface area contributed by atoms with E-state index < -0.39 is 0 Å². The van der Waals surface area contributed by atoms with Crippen LogP contribution in [0.5, 0.6) is 0 Å². The number of hydrogen-bond acceptors (Lipinski definition) is 3. The molecule has 30 heavy (non-hydrogen) atoms. The summed E-state index contributed by atoms with van der Waals surface area (Å²) < 4.78 is 2.14. The summed E-state index contributed by atoms with van der Waals surface area (Å²) in [5.74, 6) is 0.838. The Bertz CT molecular complexity index is 1260. The highest BCUT2D eigenvalue weighted by Gasteiger charge is 2.18. The van der Waals surface area contributed by atoms with Crippen molar-refractivity contribution in [1.29, 1.82) is 0 Å². The molecule has 5 aromatic rings. The lowest BCUT2D eigenvalue weighted by Gasteiger charge is -2.16. The van der Waals surface area contributed by atoms with Crippen LogP contribution in [0, 0.1) is 0 Å². The Morgan fingerprint density at radius 3 is 2.10 bits per heavy atom. The van der Waals surface area contributed by atoms with Gasteiger partial charge in [0.05, 0.1) is 5.39 Å². The average Bonchev–Trinajstić information content (AvgIpc) is 3.22. The fraction of sp³-hybridized carbons (Fsp3) is 0.0769. The lowest BCUT2D eigenvalue weighted by molar-refractivity contribution is 0.875. The first-order valence-electron chi connectivity index (χ1n) is 10.1. The van der Waals surface area contributed by atoms with Crippen molar-refractivity contribution in [3.05, 3.63) is 109 Å². The largest absolute Gasteiger partial charge is 0.363 e. The molecule has 2 aromatic heterocycles. The zero-order valence-electron chi connectivity index (χ0n) is 16.7. The second kappa shape index (κ2) is 7.84. The zero-order chi connectivity index (χ0) is 20.3. The summed E-state index contributed by atoms with van der Waals surface area (Å²) in [4.78, 5) is 9.29. The van der Waals surface area contributed by atoms with Crippen LogP contribution < -0.4 is 5.32 Å². The van der Waals surface area contributed by atoms with Gasteiger partial charge in [0.15, 0.2) is 5.65 Å². The molecule has 0 saturated carbocycles. The van der Waals surface area contributed by atoms with Crippen molar-refractivity contribution in [3.8, 4) is 16.8 Å². The number of hydrogen-bond donors (Lipinski definition) is 1. The first-order valence-corrected chi connectivity index (χ1v) is 10.1. The highest BCUT2D eigenvalue weighted by atomic mass is 15.1. The number of nitrogens with zero attached hydrogens (tertiary/aromatic N) is 3. The fourth-order valence-corrected chi connectivity index (χ4v) is 3.82. The molecule has 3 aromatic carbocycles. The summed E-state index contributed by atoms with van der Waals surface area (Å²) in [7, 11) is 0. The average molecular weight is 390 g/mol. The maximum Gasteiger partial charge on any atom is 0.150 e. The molecule has 0 saturated heterocycles. The van der Waals surface area contributed by atoms with Crippen LogP contribution in [0.1, 0.15) is 18.5 Å². The zero-order valence-corrected chi connectivity index (χ0v) is 16.7. The van der Waals surface area contributed by atoms with Crippen LogP contribution in [0.25, 0.3) is 27.8 Å². The summed E-state index contributed by atoms with van der Waals surface area (Å²) in [6.07, 6.45) is 3.79. The molecule has 0 fully saturated rings. The van der Waals surface area contributed by atoms with Gasteiger partial charge in [-0.15, -0.1) is 0 Å². The van der Waals surface area contributed by atoms with Crippen LogP contribution in [0.3, 0.4) is 0 Å². The molecule has 0 amide bonds. The topological polar surface area (TPSA) is 42.7 Å². The van der Waals surface area contributed by atoms with E-state index >= 15 is 0 Å². The van der Waals surface area contributed by atoms with Crippen LogP contribution >= 0.6 is 0 Å². The van der Waals surface area contributed by atoms with Gasteiger partial charge in [-0.05, 0) is 30.2 Å².